The highest BCUT2D eigenvalue weighted by molar-refractivity contribution is 7.92. The van der Waals surface area contributed by atoms with E-state index in [1.165, 1.54) is 0 Å². The fourth-order valence-corrected chi connectivity index (χ4v) is 3.82. The van der Waals surface area contributed by atoms with Gasteiger partial charge in [0.05, 0.1) is 11.5 Å². The summed E-state index contributed by atoms with van der Waals surface area (Å²) in [6.45, 7) is 0.614. The first-order valence-electron chi connectivity index (χ1n) is 7.22. The van der Waals surface area contributed by atoms with Crippen LogP contribution >= 0.6 is 11.6 Å². The monoisotopic (exact) mass is 352 g/mol. The summed E-state index contributed by atoms with van der Waals surface area (Å²) in [5, 5.41) is 12.9. The number of hydrogen-bond acceptors (Lipinski definition) is 4. The van der Waals surface area contributed by atoms with Gasteiger partial charge >= 0.3 is 0 Å². The van der Waals surface area contributed by atoms with Crippen LogP contribution in [0.1, 0.15) is 11.1 Å². The maximum absolute atomic E-state index is 12.5. The molecule has 0 saturated carbocycles. The molecule has 0 bridgehead atoms. The van der Waals surface area contributed by atoms with E-state index in [0.717, 1.165) is 11.1 Å². The highest BCUT2D eigenvalue weighted by Gasteiger charge is 2.21. The number of rotatable bonds is 4. The van der Waals surface area contributed by atoms with E-state index in [2.05, 4.69) is 10.0 Å². The molecule has 1 aliphatic rings. The maximum atomic E-state index is 12.5. The lowest BCUT2D eigenvalue weighted by Crippen LogP contribution is -2.38. The normalized spacial score (nSPS) is 17.6. The molecule has 2 aromatic rings. The third-order valence-electron chi connectivity index (χ3n) is 3.85. The van der Waals surface area contributed by atoms with Crippen molar-refractivity contribution >= 4 is 27.3 Å². The molecule has 0 aliphatic carbocycles. The average Bonchev–Trinajstić information content (AvgIpc) is 2.55. The first-order chi connectivity index (χ1) is 11.0. The molecule has 0 saturated heterocycles. The molecule has 3 N–H and O–H groups in total. The lowest BCUT2D eigenvalue weighted by molar-refractivity contribution is 0.236. The molecule has 3 rings (SSSR count). The Labute approximate surface area is 140 Å². The van der Waals surface area contributed by atoms with Gasteiger partial charge in [0.15, 0.2) is 0 Å². The molecule has 122 valence electrons. The van der Waals surface area contributed by atoms with Crippen molar-refractivity contribution in [3.63, 3.8) is 0 Å². The number of fused-ring (bicyclic) bond motifs is 1. The number of aliphatic hydroxyl groups is 1. The summed E-state index contributed by atoms with van der Waals surface area (Å²) in [6.07, 6.45) is 0.691. The molecule has 1 aliphatic heterocycles. The number of hydrogen-bond donors (Lipinski definition) is 3. The number of nitrogens with one attached hydrogen (secondary N) is 2. The minimum absolute atomic E-state index is 0.0251. The first kappa shape index (κ1) is 16.3. The molecule has 1 heterocycles. The van der Waals surface area contributed by atoms with E-state index < -0.39 is 10.0 Å². The van der Waals surface area contributed by atoms with Crippen molar-refractivity contribution in [2.45, 2.75) is 23.9 Å². The Morgan fingerprint density at radius 2 is 1.91 bits per heavy atom. The van der Waals surface area contributed by atoms with Crippen LogP contribution in [0, 0.1) is 0 Å². The lowest BCUT2D eigenvalue weighted by Gasteiger charge is -2.25. The predicted molar refractivity (Wildman–Crippen MR) is 90.1 cm³/mol. The lowest BCUT2D eigenvalue weighted by atomic mass is 9.96. The van der Waals surface area contributed by atoms with Crippen molar-refractivity contribution in [2.24, 2.45) is 0 Å². The van der Waals surface area contributed by atoms with Crippen molar-refractivity contribution in [3.05, 3.63) is 58.6 Å². The van der Waals surface area contributed by atoms with E-state index in [1.807, 2.05) is 6.07 Å². The van der Waals surface area contributed by atoms with E-state index in [4.69, 9.17) is 11.6 Å². The zero-order valence-electron chi connectivity index (χ0n) is 12.3. The number of halogens is 1. The molecule has 5 nitrogen and oxygen atoms in total. The molecule has 0 unspecified atom stereocenters. The van der Waals surface area contributed by atoms with E-state index in [1.54, 1.807) is 36.4 Å². The van der Waals surface area contributed by atoms with Crippen LogP contribution in [0.2, 0.25) is 5.02 Å². The summed E-state index contributed by atoms with van der Waals surface area (Å²) >= 11 is 5.80. The number of sulfonamides is 1. The minimum Gasteiger partial charge on any atom is -0.395 e. The van der Waals surface area contributed by atoms with E-state index in [-0.39, 0.29) is 17.5 Å². The second kappa shape index (κ2) is 6.49. The fraction of sp³-hybridized carbons (Fsp3) is 0.250. The number of benzene rings is 2. The van der Waals surface area contributed by atoms with Gasteiger partial charge in [-0.15, -0.1) is 0 Å². The van der Waals surface area contributed by atoms with Crippen molar-refractivity contribution in [1.29, 1.82) is 0 Å². The van der Waals surface area contributed by atoms with Crippen LogP contribution in [-0.4, -0.2) is 26.2 Å². The Hall–Kier alpha value is -1.60. The van der Waals surface area contributed by atoms with Crippen LogP contribution < -0.4 is 10.0 Å². The summed E-state index contributed by atoms with van der Waals surface area (Å²) in [5.74, 6) is 0. The smallest absolute Gasteiger partial charge is 0.261 e. The van der Waals surface area contributed by atoms with Crippen molar-refractivity contribution in [1.82, 2.24) is 5.32 Å². The molecule has 0 aromatic heterocycles. The Balaban J connectivity index is 1.84. The van der Waals surface area contributed by atoms with Gasteiger partial charge in [-0.25, -0.2) is 8.42 Å². The van der Waals surface area contributed by atoms with Crippen LogP contribution in [0.3, 0.4) is 0 Å². The van der Waals surface area contributed by atoms with Crippen molar-refractivity contribution in [2.75, 3.05) is 11.3 Å². The summed E-state index contributed by atoms with van der Waals surface area (Å²) in [7, 11) is -3.65. The third kappa shape index (κ3) is 3.67. The second-order valence-corrected chi connectivity index (χ2v) is 7.63. The van der Waals surface area contributed by atoms with E-state index >= 15 is 0 Å². The Morgan fingerprint density at radius 3 is 2.61 bits per heavy atom. The molecule has 0 radical (unpaired) electrons. The molecule has 7 heteroatoms. The third-order valence-corrected chi connectivity index (χ3v) is 5.48. The Bertz CT molecular complexity index is 807. The van der Waals surface area contributed by atoms with Gasteiger partial charge in [-0.05, 0) is 53.9 Å². The van der Waals surface area contributed by atoms with Crippen LogP contribution in [0.5, 0.6) is 0 Å². The molecular formula is C16H17ClN2O3S. The molecule has 23 heavy (non-hydrogen) atoms. The van der Waals surface area contributed by atoms with Gasteiger partial charge in [0.1, 0.15) is 0 Å². The summed E-state index contributed by atoms with van der Waals surface area (Å²) in [5.41, 5.74) is 2.47. The SMILES string of the molecule is O=S(=O)(Nc1ccc(Cl)cc1)c1ccc2c(c1)CN[C@@H](CO)C2. The maximum Gasteiger partial charge on any atom is 0.261 e. The largest absolute Gasteiger partial charge is 0.395 e. The van der Waals surface area contributed by atoms with Gasteiger partial charge in [0.25, 0.3) is 10.0 Å². The first-order valence-corrected chi connectivity index (χ1v) is 9.08. The van der Waals surface area contributed by atoms with E-state index in [0.29, 0.717) is 23.7 Å². The molecular weight excluding hydrogens is 336 g/mol. The fourth-order valence-electron chi connectivity index (χ4n) is 2.59. The van der Waals surface area contributed by atoms with Crippen LogP contribution in [0.15, 0.2) is 47.4 Å². The number of anilines is 1. The predicted octanol–water partition coefficient (Wildman–Crippen LogP) is 2.15. The second-order valence-electron chi connectivity index (χ2n) is 5.51. The van der Waals surface area contributed by atoms with Gasteiger partial charge in [-0.1, -0.05) is 17.7 Å². The van der Waals surface area contributed by atoms with Gasteiger partial charge in [0.2, 0.25) is 0 Å². The summed E-state index contributed by atoms with van der Waals surface area (Å²) in [4.78, 5) is 0.218. The van der Waals surface area contributed by atoms with Crippen molar-refractivity contribution in [3.8, 4) is 0 Å². The molecule has 2 aromatic carbocycles. The van der Waals surface area contributed by atoms with Crippen LogP contribution in [0.4, 0.5) is 5.69 Å². The van der Waals surface area contributed by atoms with E-state index in [9.17, 15) is 13.5 Å². The van der Waals surface area contributed by atoms with Gasteiger partial charge in [-0.2, -0.15) is 0 Å². The minimum atomic E-state index is -3.65. The Morgan fingerprint density at radius 1 is 1.17 bits per heavy atom. The topological polar surface area (TPSA) is 78.4 Å². The standard InChI is InChI=1S/C16H17ClN2O3S/c17-13-2-4-14(5-3-13)19-23(21,22)16-6-1-11-7-15(10-20)18-9-12(11)8-16/h1-6,8,15,18-20H,7,9-10H2/t15-/m1/s1. The molecule has 0 spiro atoms. The van der Waals surface area contributed by atoms with Crippen LogP contribution in [-0.2, 0) is 23.0 Å². The molecule has 1 atom stereocenters. The zero-order valence-corrected chi connectivity index (χ0v) is 13.9. The summed E-state index contributed by atoms with van der Waals surface area (Å²) in [6, 6.07) is 11.6. The van der Waals surface area contributed by atoms with Gasteiger partial charge < -0.3 is 10.4 Å². The van der Waals surface area contributed by atoms with Crippen molar-refractivity contribution < 1.29 is 13.5 Å². The zero-order chi connectivity index (χ0) is 16.4. The highest BCUT2D eigenvalue weighted by Crippen LogP contribution is 2.23. The number of aliphatic hydroxyl groups excluding tert-OH is 1. The summed E-state index contributed by atoms with van der Waals surface area (Å²) < 4.78 is 27.5. The molecule has 0 amide bonds. The van der Waals surface area contributed by atoms with Gasteiger partial charge in [0, 0.05) is 23.3 Å². The van der Waals surface area contributed by atoms with Gasteiger partial charge in [-0.3, -0.25) is 4.72 Å². The molecule has 0 fully saturated rings. The van der Waals surface area contributed by atoms with Crippen LogP contribution in [0.25, 0.3) is 0 Å². The average molecular weight is 353 g/mol. The highest BCUT2D eigenvalue weighted by atomic mass is 35.5. The quantitative estimate of drug-likeness (QED) is 0.787. The Kier molecular flexibility index (Phi) is 4.59.